The quantitative estimate of drug-likeness (QED) is 0.149. The monoisotopic (exact) mass is 1190 g/mol. The Bertz CT molecular complexity index is 3460. The number of fused-ring (bicyclic) bond motifs is 8. The second-order valence-electron chi connectivity index (χ2n) is 26.7. The van der Waals surface area contributed by atoms with E-state index in [1.54, 1.807) is 0 Å². The predicted molar refractivity (Wildman–Crippen MR) is 316 cm³/mol. The molecule has 0 N–H and O–H groups in total. The number of rotatable bonds is 7. The minimum absolute atomic E-state index is 0. The Morgan fingerprint density at radius 3 is 1.75 bits per heavy atom. The van der Waals surface area contributed by atoms with Gasteiger partial charge in [-0.05, 0) is 128 Å². The molecule has 7 aromatic rings. The maximum absolute atomic E-state index is 7.20. The van der Waals surface area contributed by atoms with Gasteiger partial charge < -0.3 is 19.5 Å². The minimum atomic E-state index is -0.715. The Balaban J connectivity index is 0.00000706. The van der Waals surface area contributed by atoms with Crippen LogP contribution in [0.15, 0.2) is 114 Å². The van der Waals surface area contributed by atoms with Crippen LogP contribution in [0.2, 0.25) is 0 Å². The first-order valence-electron chi connectivity index (χ1n) is 27.5. The number of pyridine rings is 1. The maximum atomic E-state index is 7.20. The summed E-state index contributed by atoms with van der Waals surface area (Å²) >= 11 is 0. The van der Waals surface area contributed by atoms with E-state index in [-0.39, 0.29) is 54.6 Å². The summed E-state index contributed by atoms with van der Waals surface area (Å²) in [7, 11) is 0. The first-order valence-corrected chi connectivity index (χ1v) is 27.5. The van der Waals surface area contributed by atoms with E-state index in [0.717, 1.165) is 39.7 Å². The average molecular weight is 1190 g/mol. The molecule has 396 valence electrons. The van der Waals surface area contributed by atoms with Crippen molar-refractivity contribution >= 4 is 28.7 Å². The molecule has 1 aliphatic carbocycles. The second-order valence-corrected chi connectivity index (χ2v) is 26.7. The standard InChI is InChI=1S/C70H80N4O.Pt/c1-41(2)51-22-21-23-52(42(3)4)63(51)74-64(72-69(19)55-27-25-47(65(8,9)10)37-53(55)54-38-48(66(11,12)13)26-28-56(54)70(69,74)20)46-32-44(6)33-50(36-46)75-61-40-60-58(35-45(61)7)68(17,18)57-34-43(5)24-29-59(57)73(60)62-39-49(30-31-71-62)67(14,15)16;/h21-35,37-39,41-42H,1-20H3;/q-2;+2/t69-,70+;/m1./s1. The van der Waals surface area contributed by atoms with E-state index >= 15 is 0 Å². The molecule has 0 fully saturated rings. The summed E-state index contributed by atoms with van der Waals surface area (Å²) in [5, 5.41) is 0. The fourth-order valence-electron chi connectivity index (χ4n) is 12.3. The molecule has 3 heterocycles. The number of nitrogens with zero attached hydrogens (tertiary/aromatic N) is 4. The summed E-state index contributed by atoms with van der Waals surface area (Å²) in [4.78, 5) is 16.1. The number of aliphatic imine (C=N–C) groups is 1. The van der Waals surface area contributed by atoms with Crippen LogP contribution in [0.1, 0.15) is 202 Å². The summed E-state index contributed by atoms with van der Waals surface area (Å²) in [6, 6.07) is 47.0. The van der Waals surface area contributed by atoms with Crippen LogP contribution in [-0.2, 0) is 53.8 Å². The molecule has 0 amide bonds. The third-order valence-corrected chi connectivity index (χ3v) is 17.1. The molecule has 6 aromatic carbocycles. The van der Waals surface area contributed by atoms with Crippen LogP contribution in [0, 0.1) is 32.9 Å². The Morgan fingerprint density at radius 2 is 1.16 bits per heavy atom. The number of hydrogen-bond donors (Lipinski definition) is 0. The van der Waals surface area contributed by atoms with Gasteiger partial charge in [-0.15, -0.1) is 34.4 Å². The fraction of sp³-hybridized carbons (Fsp3) is 0.400. The largest absolute Gasteiger partial charge is 2.00 e. The van der Waals surface area contributed by atoms with Crippen LogP contribution >= 0.6 is 0 Å². The van der Waals surface area contributed by atoms with Crippen LogP contribution in [0.25, 0.3) is 11.1 Å². The average Bonchev–Trinajstić information content (AvgIpc) is 3.61. The number of benzene rings is 6. The molecule has 0 saturated heterocycles. The molecule has 0 spiro atoms. The first kappa shape index (κ1) is 55.0. The molecule has 3 aliphatic rings. The summed E-state index contributed by atoms with van der Waals surface area (Å²) in [5.41, 5.74) is 19.6. The van der Waals surface area contributed by atoms with Gasteiger partial charge >= 0.3 is 21.1 Å². The van der Waals surface area contributed by atoms with E-state index in [2.05, 4.69) is 264 Å². The first-order chi connectivity index (χ1) is 34.9. The second kappa shape index (κ2) is 18.7. The number of aryl methyl sites for hydroxylation is 3. The van der Waals surface area contributed by atoms with Gasteiger partial charge in [-0.3, -0.25) is 0 Å². The zero-order valence-corrected chi connectivity index (χ0v) is 51.3. The van der Waals surface area contributed by atoms with E-state index in [1.807, 2.05) is 6.20 Å². The summed E-state index contributed by atoms with van der Waals surface area (Å²) in [6.07, 6.45) is 1.94. The van der Waals surface area contributed by atoms with Gasteiger partial charge in [0.15, 0.2) is 0 Å². The van der Waals surface area contributed by atoms with Gasteiger partial charge in [0.25, 0.3) is 0 Å². The van der Waals surface area contributed by atoms with Gasteiger partial charge in [0.2, 0.25) is 0 Å². The maximum Gasteiger partial charge on any atom is 2.00 e. The summed E-state index contributed by atoms with van der Waals surface area (Å²) in [5.74, 6) is 3.52. The molecule has 5 nitrogen and oxygen atoms in total. The number of aromatic nitrogens is 1. The van der Waals surface area contributed by atoms with E-state index in [4.69, 9.17) is 14.7 Å². The zero-order chi connectivity index (χ0) is 54.3. The van der Waals surface area contributed by atoms with Gasteiger partial charge in [0.05, 0.1) is 11.4 Å². The molecule has 0 bridgehead atoms. The Hall–Kier alpha value is -5.77. The van der Waals surface area contributed by atoms with Crippen LogP contribution < -0.4 is 14.5 Å². The van der Waals surface area contributed by atoms with Gasteiger partial charge in [0, 0.05) is 29.1 Å². The van der Waals surface area contributed by atoms with Crippen LogP contribution in [0.4, 0.5) is 22.9 Å². The van der Waals surface area contributed by atoms with Crippen molar-refractivity contribution in [3.63, 3.8) is 0 Å². The third-order valence-electron chi connectivity index (χ3n) is 17.1. The number of para-hydroxylation sites is 1. The molecular weight excluding hydrogens is 1110 g/mol. The van der Waals surface area contributed by atoms with Crippen molar-refractivity contribution in [2.24, 2.45) is 4.99 Å². The zero-order valence-electron chi connectivity index (χ0n) is 49.1. The molecule has 6 heteroatoms. The van der Waals surface area contributed by atoms with Crippen LogP contribution in [-0.4, -0.2) is 10.8 Å². The van der Waals surface area contributed by atoms with Crippen molar-refractivity contribution in [3.05, 3.63) is 194 Å². The van der Waals surface area contributed by atoms with Gasteiger partial charge in [-0.2, -0.15) is 6.07 Å². The predicted octanol–water partition coefficient (Wildman–Crippen LogP) is 18.7. The Morgan fingerprint density at radius 1 is 0.579 bits per heavy atom. The Labute approximate surface area is 470 Å². The van der Waals surface area contributed by atoms with Crippen molar-refractivity contribution < 1.29 is 25.8 Å². The number of ether oxygens (including phenoxy) is 1. The van der Waals surface area contributed by atoms with Crippen LogP contribution in [0.3, 0.4) is 0 Å². The number of hydrogen-bond acceptors (Lipinski definition) is 5. The SMILES string of the molecule is Cc1cc(Oc2[c-]c3c(cc2C)C(C)(C)c2cc(C)ccc2N3c2cc(C(C)(C)C)ccn2)[c-]c(C2=N[C@]3(C)c4ccc(C(C)(C)C)cc4-c4cc(C(C)(C)C)ccc4[C@]3(C)N2c2c(C(C)C)cccc2C(C)C)c1.[Pt+2]. The van der Waals surface area contributed by atoms with E-state index in [1.165, 1.54) is 72.4 Å². The summed E-state index contributed by atoms with van der Waals surface area (Å²) in [6.45, 7) is 46.0. The van der Waals surface area contributed by atoms with E-state index < -0.39 is 11.1 Å². The third kappa shape index (κ3) is 8.80. The smallest absolute Gasteiger partial charge is 0.503 e. The minimum Gasteiger partial charge on any atom is -0.503 e. The molecular formula is C70H80N4OPt. The molecule has 0 radical (unpaired) electrons. The van der Waals surface area contributed by atoms with Crippen molar-refractivity contribution in [2.75, 3.05) is 9.80 Å². The van der Waals surface area contributed by atoms with E-state index in [9.17, 15) is 0 Å². The van der Waals surface area contributed by atoms with Gasteiger partial charge in [0.1, 0.15) is 11.4 Å². The van der Waals surface area contributed by atoms with Crippen LogP contribution in [0.5, 0.6) is 11.5 Å². The normalized spacial score (nSPS) is 18.6. The molecule has 76 heavy (non-hydrogen) atoms. The van der Waals surface area contributed by atoms with Crippen molar-refractivity contribution in [3.8, 4) is 22.6 Å². The van der Waals surface area contributed by atoms with Gasteiger partial charge in [-0.25, -0.2) is 4.98 Å². The van der Waals surface area contributed by atoms with Crippen molar-refractivity contribution in [1.29, 1.82) is 0 Å². The molecule has 0 saturated carbocycles. The number of anilines is 4. The molecule has 2 atom stereocenters. The molecule has 2 aliphatic heterocycles. The number of amidine groups is 1. The fourth-order valence-corrected chi connectivity index (χ4v) is 12.3. The molecule has 0 unspecified atom stereocenters. The van der Waals surface area contributed by atoms with E-state index in [0.29, 0.717) is 11.5 Å². The molecule has 10 rings (SSSR count). The molecule has 1 aromatic heterocycles. The van der Waals surface area contributed by atoms with Gasteiger partial charge in [-0.1, -0.05) is 208 Å². The topological polar surface area (TPSA) is 41.0 Å². The van der Waals surface area contributed by atoms with Crippen molar-refractivity contribution in [1.82, 2.24) is 4.98 Å². The Kier molecular flexibility index (Phi) is 13.5. The summed E-state index contributed by atoms with van der Waals surface area (Å²) < 4.78 is 7.20. The van der Waals surface area contributed by atoms with Crippen molar-refractivity contribution in [2.45, 2.75) is 183 Å².